The van der Waals surface area contributed by atoms with Crippen molar-refractivity contribution in [3.05, 3.63) is 17.0 Å². The van der Waals surface area contributed by atoms with Crippen molar-refractivity contribution in [3.8, 4) is 0 Å². The zero-order valence-corrected chi connectivity index (χ0v) is 5.98. The summed E-state index contributed by atoms with van der Waals surface area (Å²) >= 11 is 5.47. The highest BCUT2D eigenvalue weighted by Gasteiger charge is 1.97. The van der Waals surface area contributed by atoms with E-state index >= 15 is 0 Å². The van der Waals surface area contributed by atoms with Gasteiger partial charge in [0, 0.05) is 6.07 Å². The molecule has 0 fully saturated rings. The number of rotatable bonds is 2. The van der Waals surface area contributed by atoms with Gasteiger partial charge in [0.05, 0.1) is 5.69 Å². The largest absolute Gasteiger partial charge is 0.344 e. The van der Waals surface area contributed by atoms with Crippen LogP contribution in [0.4, 0.5) is 0 Å². The Morgan fingerprint density at radius 2 is 2.56 bits per heavy atom. The third kappa shape index (κ3) is 1.72. The molecule has 1 heterocycles. The smallest absolute Gasteiger partial charge is 0.226 e. The van der Waals surface area contributed by atoms with E-state index < -0.39 is 0 Å². The molecule has 0 saturated heterocycles. The van der Waals surface area contributed by atoms with Crippen molar-refractivity contribution in [3.63, 3.8) is 0 Å². The molecule has 0 aliphatic rings. The van der Waals surface area contributed by atoms with Crippen LogP contribution in [0.2, 0.25) is 5.22 Å². The maximum absolute atomic E-state index is 5.47. The van der Waals surface area contributed by atoms with Gasteiger partial charge in [0.2, 0.25) is 5.22 Å². The molecule has 9 heavy (non-hydrogen) atoms. The van der Waals surface area contributed by atoms with E-state index in [9.17, 15) is 0 Å². The number of hydrogen-bond acceptors (Lipinski definition) is 2. The molecule has 0 aromatic carbocycles. The Morgan fingerprint density at radius 1 is 1.78 bits per heavy atom. The second kappa shape index (κ2) is 2.87. The lowest BCUT2D eigenvalue weighted by atomic mass is 10.3. The van der Waals surface area contributed by atoms with Gasteiger partial charge >= 0.3 is 0 Å². The Labute approximate surface area is 58.8 Å². The first-order chi connectivity index (χ1) is 4.33. The maximum Gasteiger partial charge on any atom is 0.226 e. The van der Waals surface area contributed by atoms with Crippen LogP contribution in [0.5, 0.6) is 0 Å². The topological polar surface area (TPSA) is 26.0 Å². The second-order valence-electron chi connectivity index (χ2n) is 1.87. The van der Waals surface area contributed by atoms with Gasteiger partial charge in [-0.3, -0.25) is 0 Å². The van der Waals surface area contributed by atoms with E-state index in [2.05, 4.69) is 16.6 Å². The van der Waals surface area contributed by atoms with E-state index in [4.69, 9.17) is 11.6 Å². The number of halogens is 1. The Kier molecular flexibility index (Phi) is 2.11. The molecule has 0 radical (unpaired) electrons. The van der Waals surface area contributed by atoms with E-state index in [1.807, 2.05) is 0 Å². The molecular weight excluding hydrogens is 138 g/mol. The van der Waals surface area contributed by atoms with Crippen LogP contribution in [0.3, 0.4) is 0 Å². The summed E-state index contributed by atoms with van der Waals surface area (Å²) in [4.78, 5) is 0. The third-order valence-electron chi connectivity index (χ3n) is 1.04. The SMILES string of the molecule is CCCc1cc(Cl)on1. The minimum absolute atomic E-state index is 0.374. The summed E-state index contributed by atoms with van der Waals surface area (Å²) in [6.45, 7) is 2.09. The highest BCUT2D eigenvalue weighted by atomic mass is 35.5. The molecule has 1 aromatic heterocycles. The van der Waals surface area contributed by atoms with Crippen LogP contribution in [-0.4, -0.2) is 5.16 Å². The first-order valence-corrected chi connectivity index (χ1v) is 3.32. The molecule has 0 aliphatic carbocycles. The van der Waals surface area contributed by atoms with Gasteiger partial charge in [-0.2, -0.15) is 0 Å². The lowest BCUT2D eigenvalue weighted by Gasteiger charge is -1.82. The fourth-order valence-corrected chi connectivity index (χ4v) is 0.820. The summed E-state index contributed by atoms with van der Waals surface area (Å²) in [5, 5.41) is 4.07. The first-order valence-electron chi connectivity index (χ1n) is 2.94. The van der Waals surface area contributed by atoms with E-state index in [0.29, 0.717) is 5.22 Å². The minimum atomic E-state index is 0.374. The average molecular weight is 146 g/mol. The molecule has 1 rings (SSSR count). The number of nitrogens with zero attached hydrogens (tertiary/aromatic N) is 1. The van der Waals surface area contributed by atoms with E-state index in [1.54, 1.807) is 6.07 Å². The van der Waals surface area contributed by atoms with Crippen molar-refractivity contribution in [1.82, 2.24) is 5.16 Å². The molecule has 1 aromatic rings. The molecule has 0 unspecified atom stereocenters. The summed E-state index contributed by atoms with van der Waals surface area (Å²) in [5.74, 6) is 0. The maximum atomic E-state index is 5.47. The molecule has 2 nitrogen and oxygen atoms in total. The van der Waals surface area contributed by atoms with Gasteiger partial charge in [-0.05, 0) is 18.0 Å². The Balaban J connectivity index is 2.61. The van der Waals surface area contributed by atoms with Crippen molar-refractivity contribution in [2.45, 2.75) is 19.8 Å². The predicted octanol–water partition coefficient (Wildman–Crippen LogP) is 2.28. The third-order valence-corrected chi connectivity index (χ3v) is 1.21. The normalized spacial score (nSPS) is 10.0. The summed E-state index contributed by atoms with van der Waals surface area (Å²) in [7, 11) is 0. The highest BCUT2D eigenvalue weighted by molar-refractivity contribution is 6.28. The van der Waals surface area contributed by atoms with E-state index in [-0.39, 0.29) is 0 Å². The van der Waals surface area contributed by atoms with Crippen LogP contribution >= 0.6 is 11.6 Å². The van der Waals surface area contributed by atoms with Gasteiger partial charge in [0.1, 0.15) is 0 Å². The lowest BCUT2D eigenvalue weighted by molar-refractivity contribution is 0.413. The molecule has 0 spiro atoms. The summed E-state index contributed by atoms with van der Waals surface area (Å²) in [5.41, 5.74) is 0.933. The highest BCUT2D eigenvalue weighted by Crippen LogP contribution is 2.10. The van der Waals surface area contributed by atoms with Gasteiger partial charge in [-0.25, -0.2) is 0 Å². The summed E-state index contributed by atoms with van der Waals surface area (Å²) in [6, 6.07) is 1.74. The second-order valence-corrected chi connectivity index (χ2v) is 2.24. The zero-order valence-electron chi connectivity index (χ0n) is 5.22. The number of aromatic nitrogens is 1. The standard InChI is InChI=1S/C6H8ClNO/c1-2-3-5-4-6(7)9-8-5/h4H,2-3H2,1H3. The van der Waals surface area contributed by atoms with Crippen molar-refractivity contribution in [2.24, 2.45) is 0 Å². The molecule has 0 N–H and O–H groups in total. The van der Waals surface area contributed by atoms with Crippen LogP contribution in [-0.2, 0) is 6.42 Å². The molecule has 0 amide bonds. The molecule has 0 aliphatic heterocycles. The Bertz CT molecular complexity index is 185. The van der Waals surface area contributed by atoms with Gasteiger partial charge < -0.3 is 4.52 Å². The van der Waals surface area contributed by atoms with Gasteiger partial charge in [-0.15, -0.1) is 0 Å². The Hall–Kier alpha value is -0.500. The van der Waals surface area contributed by atoms with Crippen LogP contribution in [0, 0.1) is 0 Å². The van der Waals surface area contributed by atoms with Crippen LogP contribution in [0.15, 0.2) is 10.6 Å². The molecule has 0 saturated carbocycles. The molecule has 0 atom stereocenters. The van der Waals surface area contributed by atoms with Crippen LogP contribution in [0.1, 0.15) is 19.0 Å². The summed E-state index contributed by atoms with van der Waals surface area (Å²) in [6.07, 6.45) is 2.01. The monoisotopic (exact) mass is 145 g/mol. The van der Waals surface area contributed by atoms with Crippen molar-refractivity contribution < 1.29 is 4.52 Å². The van der Waals surface area contributed by atoms with Crippen LogP contribution in [0.25, 0.3) is 0 Å². The molecule has 50 valence electrons. The fourth-order valence-electron chi connectivity index (χ4n) is 0.660. The minimum Gasteiger partial charge on any atom is -0.344 e. The van der Waals surface area contributed by atoms with Gasteiger partial charge in [0.15, 0.2) is 0 Å². The first kappa shape index (κ1) is 6.62. The van der Waals surface area contributed by atoms with Crippen LogP contribution < -0.4 is 0 Å². The zero-order chi connectivity index (χ0) is 6.69. The van der Waals surface area contributed by atoms with Gasteiger partial charge in [-0.1, -0.05) is 18.5 Å². The average Bonchev–Trinajstić information content (AvgIpc) is 2.17. The number of aryl methyl sites for hydroxylation is 1. The quantitative estimate of drug-likeness (QED) is 0.638. The molecule has 0 bridgehead atoms. The van der Waals surface area contributed by atoms with Crippen molar-refractivity contribution >= 4 is 11.6 Å². The molecular formula is C6H8ClNO. The van der Waals surface area contributed by atoms with Crippen molar-refractivity contribution in [2.75, 3.05) is 0 Å². The Morgan fingerprint density at radius 3 is 3.00 bits per heavy atom. The summed E-state index contributed by atoms with van der Waals surface area (Å²) < 4.78 is 4.63. The van der Waals surface area contributed by atoms with Crippen molar-refractivity contribution in [1.29, 1.82) is 0 Å². The number of hydrogen-bond donors (Lipinski definition) is 0. The van der Waals surface area contributed by atoms with Gasteiger partial charge in [0.25, 0.3) is 0 Å². The lowest BCUT2D eigenvalue weighted by Crippen LogP contribution is -1.79. The fraction of sp³-hybridized carbons (Fsp3) is 0.500. The van der Waals surface area contributed by atoms with E-state index in [1.165, 1.54) is 0 Å². The predicted molar refractivity (Wildman–Crippen MR) is 35.5 cm³/mol. The molecule has 3 heteroatoms. The van der Waals surface area contributed by atoms with E-state index in [0.717, 1.165) is 18.5 Å².